The Morgan fingerprint density at radius 2 is 0.865 bits per heavy atom. The molecule has 1 aliphatic carbocycles. The third-order valence-corrected chi connectivity index (χ3v) is 12.7. The topological polar surface area (TPSA) is 9.86 Å². The Kier molecular flexibility index (Phi) is 5.67. The minimum absolute atomic E-state index is 0.391. The Morgan fingerprint density at radius 3 is 1.54 bits per heavy atom. The maximum Gasteiger partial charge on any atom is 0.0782 e. The number of hydrogen-bond donors (Lipinski definition) is 0. The summed E-state index contributed by atoms with van der Waals surface area (Å²) in [6, 6.07) is 67.7. The molecule has 1 aliphatic heterocycles. The van der Waals surface area contributed by atoms with Crippen molar-refractivity contribution in [2.45, 2.75) is 15.2 Å². The Morgan fingerprint density at radius 1 is 0.365 bits per heavy atom. The summed E-state index contributed by atoms with van der Waals surface area (Å²) in [5.41, 5.74) is 14.9. The Bertz CT molecular complexity index is 3020. The van der Waals surface area contributed by atoms with Crippen molar-refractivity contribution in [3.63, 3.8) is 0 Å². The third kappa shape index (κ3) is 3.51. The highest BCUT2D eigenvalue weighted by atomic mass is 32.2. The van der Waals surface area contributed by atoms with Crippen LogP contribution in [0, 0.1) is 0 Å². The summed E-state index contributed by atoms with van der Waals surface area (Å²) in [7, 11) is 0. The van der Waals surface area contributed by atoms with E-state index in [9.17, 15) is 0 Å². The maximum atomic E-state index is 2.51. The van der Waals surface area contributed by atoms with Gasteiger partial charge >= 0.3 is 0 Å². The largest absolute Gasteiger partial charge is 0.307 e. The standard InChI is InChI=1S/C49H30N2S/c1-6-20-38-32(14-1)33-15-2-7-21-39(33)49(38)40-22-8-12-27-46(40)52-47-30-31(28-29-41(47)49)50-42-23-9-5-18-36(42)37-19-13-26-45(48(37)50)51-43-24-10-3-16-34(43)35-17-4-11-25-44(35)51/h1-30H. The van der Waals surface area contributed by atoms with Crippen LogP contribution in [0.15, 0.2) is 192 Å². The van der Waals surface area contributed by atoms with Gasteiger partial charge in [0, 0.05) is 37.0 Å². The van der Waals surface area contributed by atoms with Crippen molar-refractivity contribution >= 4 is 55.4 Å². The van der Waals surface area contributed by atoms with Crippen LogP contribution < -0.4 is 0 Å². The predicted molar refractivity (Wildman–Crippen MR) is 217 cm³/mol. The molecule has 0 saturated heterocycles. The highest BCUT2D eigenvalue weighted by Gasteiger charge is 2.50. The van der Waals surface area contributed by atoms with Crippen LogP contribution in [0.3, 0.4) is 0 Å². The average molecular weight is 679 g/mol. The van der Waals surface area contributed by atoms with E-state index in [0.717, 1.165) is 0 Å². The van der Waals surface area contributed by atoms with Gasteiger partial charge in [0.25, 0.3) is 0 Å². The summed E-state index contributed by atoms with van der Waals surface area (Å²) < 4.78 is 4.97. The third-order valence-electron chi connectivity index (χ3n) is 11.6. The molecule has 0 fully saturated rings. The molecule has 1 spiro atoms. The van der Waals surface area contributed by atoms with E-state index >= 15 is 0 Å². The van der Waals surface area contributed by atoms with E-state index in [2.05, 4.69) is 191 Å². The summed E-state index contributed by atoms with van der Waals surface area (Å²) in [5.74, 6) is 0. The minimum atomic E-state index is -0.391. The lowest BCUT2D eigenvalue weighted by Crippen LogP contribution is -2.32. The molecule has 0 bridgehead atoms. The number of para-hydroxylation sites is 4. The second kappa shape index (κ2) is 10.4. The van der Waals surface area contributed by atoms with Gasteiger partial charge in [0.2, 0.25) is 0 Å². The molecule has 0 amide bonds. The van der Waals surface area contributed by atoms with Crippen LogP contribution >= 0.6 is 11.8 Å². The molecule has 52 heavy (non-hydrogen) atoms. The number of fused-ring (bicyclic) bond motifs is 15. The minimum Gasteiger partial charge on any atom is -0.307 e. The molecular formula is C49H30N2S. The van der Waals surface area contributed by atoms with Gasteiger partial charge in [0.05, 0.1) is 33.2 Å². The van der Waals surface area contributed by atoms with Crippen molar-refractivity contribution in [1.29, 1.82) is 0 Å². The average Bonchev–Trinajstić information content (AvgIpc) is 3.83. The molecule has 10 aromatic rings. The first-order valence-electron chi connectivity index (χ1n) is 17.9. The van der Waals surface area contributed by atoms with Crippen molar-refractivity contribution in [2.75, 3.05) is 0 Å². The lowest BCUT2D eigenvalue weighted by molar-refractivity contribution is 0.721. The highest BCUT2D eigenvalue weighted by molar-refractivity contribution is 7.99. The zero-order valence-electron chi connectivity index (χ0n) is 28.1. The van der Waals surface area contributed by atoms with E-state index in [0.29, 0.717) is 0 Å². The molecule has 0 atom stereocenters. The van der Waals surface area contributed by atoms with Crippen LogP contribution in [0.2, 0.25) is 0 Å². The van der Waals surface area contributed by atoms with Crippen LogP contribution in [-0.2, 0) is 5.41 Å². The van der Waals surface area contributed by atoms with Crippen molar-refractivity contribution < 1.29 is 0 Å². The van der Waals surface area contributed by atoms with Crippen LogP contribution in [0.1, 0.15) is 22.3 Å². The van der Waals surface area contributed by atoms with Gasteiger partial charge in [-0.15, -0.1) is 0 Å². The molecule has 3 heterocycles. The molecule has 3 heteroatoms. The fourth-order valence-electron chi connectivity index (χ4n) is 9.62. The SMILES string of the molecule is c1ccc2c(c1)Sc1cc(-n3c4ccccc4c4cccc(-n5c6ccccc6c6ccccc65)c43)ccc1C21c2ccccc2-c2ccccc21. The maximum absolute atomic E-state index is 2.51. The van der Waals surface area contributed by atoms with E-state index < -0.39 is 5.41 Å². The van der Waals surface area contributed by atoms with E-state index in [1.54, 1.807) is 0 Å². The molecule has 2 aromatic heterocycles. The van der Waals surface area contributed by atoms with Gasteiger partial charge in [0.15, 0.2) is 0 Å². The fourth-order valence-corrected chi connectivity index (χ4v) is 10.8. The lowest BCUT2D eigenvalue weighted by atomic mass is 9.67. The summed E-state index contributed by atoms with van der Waals surface area (Å²) >= 11 is 1.90. The fraction of sp³-hybridized carbons (Fsp3) is 0.0204. The molecule has 8 aromatic carbocycles. The van der Waals surface area contributed by atoms with E-state index in [-0.39, 0.29) is 0 Å². The number of hydrogen-bond acceptors (Lipinski definition) is 1. The summed E-state index contributed by atoms with van der Waals surface area (Å²) in [6.45, 7) is 0. The number of nitrogens with zero attached hydrogens (tertiary/aromatic N) is 2. The number of aromatic nitrogens is 2. The second-order valence-corrected chi connectivity index (χ2v) is 15.1. The van der Waals surface area contributed by atoms with Gasteiger partial charge in [-0.25, -0.2) is 0 Å². The second-order valence-electron chi connectivity index (χ2n) is 14.0. The number of benzene rings is 8. The molecule has 0 unspecified atom stereocenters. The quantitative estimate of drug-likeness (QED) is 0.177. The molecule has 0 saturated carbocycles. The van der Waals surface area contributed by atoms with Crippen molar-refractivity contribution in [1.82, 2.24) is 9.13 Å². The zero-order valence-corrected chi connectivity index (χ0v) is 28.9. The Labute approximate surface area is 305 Å². The monoisotopic (exact) mass is 678 g/mol. The lowest BCUT2D eigenvalue weighted by Gasteiger charge is -2.39. The first-order valence-corrected chi connectivity index (χ1v) is 18.8. The van der Waals surface area contributed by atoms with Gasteiger partial charge in [0.1, 0.15) is 0 Å². The molecule has 2 aliphatic rings. The van der Waals surface area contributed by atoms with Crippen LogP contribution in [-0.4, -0.2) is 9.13 Å². The van der Waals surface area contributed by atoms with Crippen LogP contribution in [0.5, 0.6) is 0 Å². The van der Waals surface area contributed by atoms with Crippen molar-refractivity contribution in [2.24, 2.45) is 0 Å². The summed E-state index contributed by atoms with van der Waals surface area (Å²) in [5, 5.41) is 5.04. The van der Waals surface area contributed by atoms with Gasteiger partial charge < -0.3 is 9.13 Å². The number of rotatable bonds is 2. The Hall–Kier alpha value is -6.29. The van der Waals surface area contributed by atoms with Crippen LogP contribution in [0.4, 0.5) is 0 Å². The Balaban J connectivity index is 1.18. The van der Waals surface area contributed by atoms with Gasteiger partial charge in [-0.1, -0.05) is 151 Å². The van der Waals surface area contributed by atoms with Gasteiger partial charge in [-0.05, 0) is 75.8 Å². The molecule has 0 N–H and O–H groups in total. The van der Waals surface area contributed by atoms with Crippen molar-refractivity contribution in [3.05, 3.63) is 204 Å². The smallest absolute Gasteiger partial charge is 0.0782 e. The highest BCUT2D eigenvalue weighted by Crippen LogP contribution is 2.62. The van der Waals surface area contributed by atoms with Crippen LogP contribution in [0.25, 0.3) is 66.1 Å². The van der Waals surface area contributed by atoms with Gasteiger partial charge in [-0.2, -0.15) is 0 Å². The molecule has 0 radical (unpaired) electrons. The molecule has 2 nitrogen and oxygen atoms in total. The van der Waals surface area contributed by atoms with E-state index in [1.165, 1.54) is 98.2 Å². The molecule has 242 valence electrons. The summed E-state index contributed by atoms with van der Waals surface area (Å²) in [6.07, 6.45) is 0. The first kappa shape index (κ1) is 28.4. The van der Waals surface area contributed by atoms with Crippen molar-refractivity contribution in [3.8, 4) is 22.5 Å². The normalized spacial score (nSPS) is 13.8. The molecule has 12 rings (SSSR count). The van der Waals surface area contributed by atoms with E-state index in [1.807, 2.05) is 11.8 Å². The zero-order chi connectivity index (χ0) is 34.0. The van der Waals surface area contributed by atoms with E-state index in [4.69, 9.17) is 0 Å². The summed E-state index contributed by atoms with van der Waals surface area (Å²) in [4.78, 5) is 2.61. The molecular weight excluding hydrogens is 649 g/mol. The first-order chi connectivity index (χ1) is 25.8. The van der Waals surface area contributed by atoms with Gasteiger partial charge in [-0.3, -0.25) is 0 Å². The predicted octanol–water partition coefficient (Wildman–Crippen LogP) is 12.7.